The van der Waals surface area contributed by atoms with E-state index in [0.717, 1.165) is 0 Å². The molecule has 0 aliphatic heterocycles. The Morgan fingerprint density at radius 1 is 0.679 bits per heavy atom. The normalized spacial score (nSPS) is 10.2. The molecule has 0 saturated carbocycles. The van der Waals surface area contributed by atoms with Gasteiger partial charge in [-0.1, -0.05) is 36.4 Å². The van der Waals surface area contributed by atoms with Crippen LogP contribution >= 0.6 is 0 Å². The lowest BCUT2D eigenvalue weighted by atomic mass is 10.1. The molecule has 3 rings (SSSR count). The van der Waals surface area contributed by atoms with Crippen LogP contribution in [0.3, 0.4) is 0 Å². The summed E-state index contributed by atoms with van der Waals surface area (Å²) in [4.78, 5) is 36.5. The number of anilines is 2. The zero-order valence-corrected chi connectivity index (χ0v) is 15.1. The van der Waals surface area contributed by atoms with Crippen molar-refractivity contribution in [1.29, 1.82) is 0 Å². The van der Waals surface area contributed by atoms with E-state index in [1.165, 1.54) is 6.07 Å². The highest BCUT2D eigenvalue weighted by Crippen LogP contribution is 2.22. The van der Waals surface area contributed by atoms with Crippen molar-refractivity contribution in [1.82, 2.24) is 0 Å². The van der Waals surface area contributed by atoms with Gasteiger partial charge in [0.25, 0.3) is 11.8 Å². The van der Waals surface area contributed by atoms with Gasteiger partial charge >= 0.3 is 5.97 Å². The smallest absolute Gasteiger partial charge is 0.336 e. The van der Waals surface area contributed by atoms with E-state index >= 15 is 0 Å². The van der Waals surface area contributed by atoms with E-state index in [1.807, 2.05) is 6.07 Å². The molecule has 0 aliphatic carbocycles. The number of nitrogens with one attached hydrogen (secondary N) is 2. The van der Waals surface area contributed by atoms with E-state index in [4.69, 9.17) is 0 Å². The zero-order chi connectivity index (χ0) is 20.1. The lowest BCUT2D eigenvalue weighted by Gasteiger charge is -2.13. The summed E-state index contributed by atoms with van der Waals surface area (Å²) in [5, 5.41) is 14.7. The first-order valence-electron chi connectivity index (χ1n) is 8.57. The van der Waals surface area contributed by atoms with E-state index in [9.17, 15) is 19.5 Å². The Labute approximate surface area is 161 Å². The van der Waals surface area contributed by atoms with Crippen LogP contribution in [0.1, 0.15) is 36.6 Å². The molecule has 0 radical (unpaired) electrons. The van der Waals surface area contributed by atoms with Gasteiger partial charge in [0.05, 0.1) is 16.8 Å². The maximum atomic E-state index is 12.8. The van der Waals surface area contributed by atoms with Crippen molar-refractivity contribution >= 4 is 29.2 Å². The highest BCUT2D eigenvalue weighted by atomic mass is 16.4. The first-order valence-corrected chi connectivity index (χ1v) is 8.57. The van der Waals surface area contributed by atoms with Crippen molar-refractivity contribution < 1.29 is 19.5 Å². The number of benzene rings is 3. The quantitative estimate of drug-likeness (QED) is 0.624. The Bertz CT molecular complexity index is 1050. The molecule has 0 atom stereocenters. The summed E-state index contributed by atoms with van der Waals surface area (Å²) < 4.78 is 0. The molecule has 140 valence electrons. The highest BCUT2D eigenvalue weighted by molar-refractivity contribution is 6.13. The van der Waals surface area contributed by atoms with Crippen LogP contribution in [-0.4, -0.2) is 22.9 Å². The molecular weight excluding hydrogens is 356 g/mol. The van der Waals surface area contributed by atoms with Crippen LogP contribution in [0, 0.1) is 6.92 Å². The Hall–Kier alpha value is -3.93. The van der Waals surface area contributed by atoms with E-state index in [-0.39, 0.29) is 17.0 Å². The fraction of sp³-hybridized carbons (Fsp3) is 0.0455. The molecule has 3 N–H and O–H groups in total. The topological polar surface area (TPSA) is 95.5 Å². The van der Waals surface area contributed by atoms with Gasteiger partial charge in [0.1, 0.15) is 0 Å². The van der Waals surface area contributed by atoms with Gasteiger partial charge in [-0.15, -0.1) is 0 Å². The van der Waals surface area contributed by atoms with Crippen LogP contribution in [0.5, 0.6) is 0 Å². The summed E-state index contributed by atoms with van der Waals surface area (Å²) >= 11 is 0. The van der Waals surface area contributed by atoms with Crippen molar-refractivity contribution in [2.45, 2.75) is 6.92 Å². The Kier molecular flexibility index (Phi) is 5.50. The summed E-state index contributed by atoms with van der Waals surface area (Å²) in [6, 6.07) is 20.0. The number of hydrogen-bond donors (Lipinski definition) is 3. The van der Waals surface area contributed by atoms with Crippen molar-refractivity contribution in [2.24, 2.45) is 0 Å². The predicted octanol–water partition coefficient (Wildman–Crippen LogP) is 4.20. The number of aromatic carboxylic acids is 1. The number of carboxylic acids is 1. The van der Waals surface area contributed by atoms with Gasteiger partial charge in [-0.25, -0.2) is 4.79 Å². The number of para-hydroxylation sites is 1. The molecular formula is C22H18N2O4. The van der Waals surface area contributed by atoms with E-state index in [0.29, 0.717) is 22.5 Å². The minimum absolute atomic E-state index is 0.114. The lowest BCUT2D eigenvalue weighted by Crippen LogP contribution is -2.19. The minimum Gasteiger partial charge on any atom is -0.478 e. The summed E-state index contributed by atoms with van der Waals surface area (Å²) in [7, 11) is 0. The Morgan fingerprint density at radius 3 is 1.96 bits per heavy atom. The molecule has 0 bridgehead atoms. The van der Waals surface area contributed by atoms with Crippen LogP contribution < -0.4 is 10.6 Å². The summed E-state index contributed by atoms with van der Waals surface area (Å²) in [5.74, 6) is -1.84. The summed E-state index contributed by atoms with van der Waals surface area (Å²) in [6.07, 6.45) is 0. The zero-order valence-electron chi connectivity index (χ0n) is 15.1. The maximum Gasteiger partial charge on any atom is 0.336 e. The average molecular weight is 374 g/mol. The second kappa shape index (κ2) is 8.18. The third-order valence-electron chi connectivity index (χ3n) is 4.27. The molecule has 2 amide bonds. The molecule has 0 saturated heterocycles. The van der Waals surface area contributed by atoms with E-state index in [1.54, 1.807) is 67.6 Å². The minimum atomic E-state index is -1.07. The number of carbonyl (C=O) groups excluding carboxylic acids is 2. The number of amides is 2. The first kappa shape index (κ1) is 18.8. The summed E-state index contributed by atoms with van der Waals surface area (Å²) in [6.45, 7) is 1.63. The van der Waals surface area contributed by atoms with Crippen LogP contribution in [0.2, 0.25) is 0 Å². The van der Waals surface area contributed by atoms with Crippen molar-refractivity contribution in [3.05, 3.63) is 95.1 Å². The largest absolute Gasteiger partial charge is 0.478 e. The second-order valence-corrected chi connectivity index (χ2v) is 6.10. The molecule has 0 unspecified atom stereocenters. The van der Waals surface area contributed by atoms with Crippen molar-refractivity contribution in [3.8, 4) is 0 Å². The monoisotopic (exact) mass is 374 g/mol. The van der Waals surface area contributed by atoms with Crippen LogP contribution in [0.25, 0.3) is 0 Å². The maximum absolute atomic E-state index is 12.8. The molecule has 3 aromatic rings. The standard InChI is InChI=1S/C22H18N2O4/c1-14-16(22(27)28)11-7-13-18(14)23-21(26)17-10-5-6-12-19(17)24-20(25)15-8-3-2-4-9-15/h2-13H,1H3,(H,23,26)(H,24,25)(H,27,28). The number of carbonyl (C=O) groups is 3. The van der Waals surface area contributed by atoms with Crippen molar-refractivity contribution in [3.63, 3.8) is 0 Å². The van der Waals surface area contributed by atoms with E-state index < -0.39 is 11.9 Å². The van der Waals surface area contributed by atoms with Gasteiger partial charge < -0.3 is 15.7 Å². The molecule has 6 heteroatoms. The number of carboxylic acid groups (broad SMARTS) is 1. The Balaban J connectivity index is 1.85. The van der Waals surface area contributed by atoms with Gasteiger partial charge in [0, 0.05) is 11.3 Å². The molecule has 28 heavy (non-hydrogen) atoms. The lowest BCUT2D eigenvalue weighted by molar-refractivity contribution is 0.0695. The molecule has 0 aliphatic rings. The van der Waals surface area contributed by atoms with Gasteiger partial charge in [-0.05, 0) is 48.9 Å². The van der Waals surface area contributed by atoms with Gasteiger partial charge in [0.2, 0.25) is 0 Å². The summed E-state index contributed by atoms with van der Waals surface area (Å²) in [5.41, 5.74) is 2.07. The van der Waals surface area contributed by atoms with Gasteiger partial charge in [-0.3, -0.25) is 9.59 Å². The van der Waals surface area contributed by atoms with Crippen molar-refractivity contribution in [2.75, 3.05) is 10.6 Å². The number of hydrogen-bond acceptors (Lipinski definition) is 3. The van der Waals surface area contributed by atoms with Gasteiger partial charge in [0.15, 0.2) is 0 Å². The second-order valence-electron chi connectivity index (χ2n) is 6.10. The van der Waals surface area contributed by atoms with Crippen LogP contribution in [0.4, 0.5) is 11.4 Å². The fourth-order valence-electron chi connectivity index (χ4n) is 2.77. The third kappa shape index (κ3) is 4.07. The molecule has 6 nitrogen and oxygen atoms in total. The molecule has 0 aromatic heterocycles. The van der Waals surface area contributed by atoms with E-state index in [2.05, 4.69) is 10.6 Å². The predicted molar refractivity (Wildman–Crippen MR) is 107 cm³/mol. The highest BCUT2D eigenvalue weighted by Gasteiger charge is 2.16. The third-order valence-corrected chi connectivity index (χ3v) is 4.27. The molecule has 3 aromatic carbocycles. The average Bonchev–Trinajstić information content (AvgIpc) is 2.70. The van der Waals surface area contributed by atoms with Gasteiger partial charge in [-0.2, -0.15) is 0 Å². The fourth-order valence-corrected chi connectivity index (χ4v) is 2.77. The SMILES string of the molecule is Cc1c(NC(=O)c2ccccc2NC(=O)c2ccccc2)cccc1C(=O)O. The van der Waals surface area contributed by atoms with Crippen LogP contribution in [-0.2, 0) is 0 Å². The molecule has 0 heterocycles. The first-order chi connectivity index (χ1) is 13.5. The Morgan fingerprint density at radius 2 is 1.25 bits per heavy atom. The number of rotatable bonds is 5. The molecule has 0 fully saturated rings. The molecule has 0 spiro atoms. The van der Waals surface area contributed by atoms with Crippen LogP contribution in [0.15, 0.2) is 72.8 Å².